The van der Waals surface area contributed by atoms with Gasteiger partial charge in [0.25, 0.3) is 11.8 Å². The fourth-order valence-electron chi connectivity index (χ4n) is 2.96. The highest BCUT2D eigenvalue weighted by molar-refractivity contribution is 7.89. The maximum Gasteiger partial charge on any atom is 0.262 e. The second kappa shape index (κ2) is 9.24. The molecule has 2 amide bonds. The molecule has 0 radical (unpaired) electrons. The lowest BCUT2D eigenvalue weighted by Crippen LogP contribution is -2.40. The van der Waals surface area contributed by atoms with Crippen LogP contribution in [-0.2, 0) is 19.6 Å². The predicted octanol–water partition coefficient (Wildman–Crippen LogP) is 1.13. The molecular weight excluding hydrogens is 410 g/mol. The van der Waals surface area contributed by atoms with Crippen LogP contribution in [0.15, 0.2) is 47.4 Å². The van der Waals surface area contributed by atoms with Crippen molar-refractivity contribution in [3.63, 3.8) is 0 Å². The molecule has 0 spiro atoms. The molecule has 0 aromatic heterocycles. The van der Waals surface area contributed by atoms with Crippen LogP contribution in [0.1, 0.15) is 15.9 Å². The maximum absolute atomic E-state index is 12.8. The van der Waals surface area contributed by atoms with Gasteiger partial charge >= 0.3 is 0 Å². The molecule has 10 heteroatoms. The van der Waals surface area contributed by atoms with E-state index >= 15 is 0 Å². The highest BCUT2D eigenvalue weighted by Crippen LogP contribution is 2.24. The number of carbonyl (C=O) groups excluding carboxylic acids is 2. The quantitative estimate of drug-likeness (QED) is 0.674. The van der Waals surface area contributed by atoms with Gasteiger partial charge in [-0.25, -0.2) is 8.42 Å². The van der Waals surface area contributed by atoms with Crippen molar-refractivity contribution in [1.82, 2.24) is 4.31 Å². The minimum atomic E-state index is -3.69. The van der Waals surface area contributed by atoms with Crippen molar-refractivity contribution in [1.29, 1.82) is 0 Å². The van der Waals surface area contributed by atoms with Crippen LogP contribution in [0.5, 0.6) is 5.75 Å². The number of primary amides is 1. The number of morpholine rings is 1. The molecule has 0 aliphatic carbocycles. The van der Waals surface area contributed by atoms with Crippen molar-refractivity contribution in [3.8, 4) is 5.75 Å². The number of anilines is 1. The molecule has 1 heterocycles. The molecule has 0 unspecified atom stereocenters. The molecule has 1 aliphatic heterocycles. The Labute approximate surface area is 174 Å². The number of benzene rings is 2. The van der Waals surface area contributed by atoms with Crippen molar-refractivity contribution < 1.29 is 27.5 Å². The van der Waals surface area contributed by atoms with Gasteiger partial charge in [0.05, 0.1) is 23.7 Å². The Hall–Kier alpha value is -2.95. The standard InChI is InChI=1S/C20H23N3O6S/c1-14-6-7-15(30(26,27)23-8-10-28-11-9-23)12-17(14)22-19(24)13-29-18-5-3-2-4-16(18)20(21)25/h2-7,12H,8-11,13H2,1H3,(H2,21,25)(H,22,24). The number of nitrogens with one attached hydrogen (secondary N) is 1. The van der Waals surface area contributed by atoms with E-state index in [2.05, 4.69) is 5.32 Å². The normalized spacial score (nSPS) is 14.8. The number of aryl methyl sites for hydroxylation is 1. The molecule has 9 nitrogen and oxygen atoms in total. The molecule has 0 atom stereocenters. The SMILES string of the molecule is Cc1ccc(S(=O)(=O)N2CCOCC2)cc1NC(=O)COc1ccccc1C(N)=O. The summed E-state index contributed by atoms with van der Waals surface area (Å²) in [6.45, 7) is 2.64. The number of hydrogen-bond donors (Lipinski definition) is 2. The van der Waals surface area contributed by atoms with E-state index in [4.69, 9.17) is 15.2 Å². The van der Waals surface area contributed by atoms with E-state index in [1.54, 1.807) is 25.1 Å². The summed E-state index contributed by atoms with van der Waals surface area (Å²) >= 11 is 0. The van der Waals surface area contributed by atoms with Crippen molar-refractivity contribution in [2.24, 2.45) is 5.73 Å². The molecular formula is C20H23N3O6S. The summed E-state index contributed by atoms with van der Waals surface area (Å²) in [5, 5.41) is 2.66. The second-order valence-electron chi connectivity index (χ2n) is 6.69. The lowest BCUT2D eigenvalue weighted by atomic mass is 10.2. The first-order chi connectivity index (χ1) is 14.3. The average molecular weight is 433 g/mol. The third-order valence-corrected chi connectivity index (χ3v) is 6.50. The lowest BCUT2D eigenvalue weighted by Gasteiger charge is -2.26. The molecule has 0 bridgehead atoms. The van der Waals surface area contributed by atoms with Gasteiger partial charge in [0, 0.05) is 18.8 Å². The van der Waals surface area contributed by atoms with E-state index < -0.39 is 21.8 Å². The second-order valence-corrected chi connectivity index (χ2v) is 8.63. The third kappa shape index (κ3) is 4.96. The molecule has 160 valence electrons. The summed E-state index contributed by atoms with van der Waals surface area (Å²) in [6, 6.07) is 10.9. The van der Waals surface area contributed by atoms with Gasteiger partial charge in [-0.3, -0.25) is 9.59 Å². The Morgan fingerprint density at radius 2 is 1.87 bits per heavy atom. The summed E-state index contributed by atoms with van der Waals surface area (Å²) in [7, 11) is -3.69. The molecule has 1 aliphatic rings. The smallest absolute Gasteiger partial charge is 0.262 e. The van der Waals surface area contributed by atoms with Crippen molar-refractivity contribution >= 4 is 27.5 Å². The van der Waals surface area contributed by atoms with Gasteiger partial charge < -0.3 is 20.5 Å². The van der Waals surface area contributed by atoms with E-state index in [9.17, 15) is 18.0 Å². The summed E-state index contributed by atoms with van der Waals surface area (Å²) in [6.07, 6.45) is 0. The minimum absolute atomic E-state index is 0.0882. The van der Waals surface area contributed by atoms with Crippen LogP contribution < -0.4 is 15.8 Å². The lowest BCUT2D eigenvalue weighted by molar-refractivity contribution is -0.118. The first kappa shape index (κ1) is 21.8. The Kier molecular flexibility index (Phi) is 6.70. The van der Waals surface area contributed by atoms with Crippen LogP contribution in [0, 0.1) is 6.92 Å². The third-order valence-electron chi connectivity index (χ3n) is 4.60. The summed E-state index contributed by atoms with van der Waals surface area (Å²) in [5.74, 6) is -0.971. The molecule has 3 N–H and O–H groups in total. The number of hydrogen-bond acceptors (Lipinski definition) is 6. The average Bonchev–Trinajstić information content (AvgIpc) is 2.74. The largest absolute Gasteiger partial charge is 0.483 e. The molecule has 1 saturated heterocycles. The highest BCUT2D eigenvalue weighted by Gasteiger charge is 2.27. The highest BCUT2D eigenvalue weighted by atomic mass is 32.2. The van der Waals surface area contributed by atoms with E-state index in [0.717, 1.165) is 0 Å². The molecule has 3 rings (SSSR count). The summed E-state index contributed by atoms with van der Waals surface area (Å²) in [5.41, 5.74) is 6.52. The van der Waals surface area contributed by atoms with Gasteiger partial charge in [-0.2, -0.15) is 4.31 Å². The molecule has 30 heavy (non-hydrogen) atoms. The molecule has 2 aromatic carbocycles. The first-order valence-electron chi connectivity index (χ1n) is 9.29. The van der Waals surface area contributed by atoms with Gasteiger partial charge in [0.1, 0.15) is 5.75 Å². The number of nitrogens with zero attached hydrogens (tertiary/aromatic N) is 1. The van der Waals surface area contributed by atoms with E-state index in [-0.39, 0.29) is 35.9 Å². The number of sulfonamides is 1. The monoisotopic (exact) mass is 433 g/mol. The van der Waals surface area contributed by atoms with Crippen molar-refractivity contribution in [2.45, 2.75) is 11.8 Å². The van der Waals surface area contributed by atoms with E-state index in [0.29, 0.717) is 24.5 Å². The minimum Gasteiger partial charge on any atom is -0.483 e. The van der Waals surface area contributed by atoms with E-state index in [1.807, 2.05) is 0 Å². The van der Waals surface area contributed by atoms with Crippen LogP contribution in [-0.4, -0.2) is 57.4 Å². The van der Waals surface area contributed by atoms with Gasteiger partial charge in [-0.05, 0) is 36.8 Å². The zero-order valence-corrected chi connectivity index (χ0v) is 17.3. The Morgan fingerprint density at radius 3 is 2.57 bits per heavy atom. The van der Waals surface area contributed by atoms with Crippen LogP contribution in [0.25, 0.3) is 0 Å². The van der Waals surface area contributed by atoms with Crippen molar-refractivity contribution in [3.05, 3.63) is 53.6 Å². The van der Waals surface area contributed by atoms with Crippen LogP contribution in [0.4, 0.5) is 5.69 Å². The topological polar surface area (TPSA) is 128 Å². The predicted molar refractivity (Wildman–Crippen MR) is 110 cm³/mol. The number of carbonyl (C=O) groups is 2. The van der Waals surface area contributed by atoms with Gasteiger partial charge in [-0.15, -0.1) is 0 Å². The molecule has 1 fully saturated rings. The number of rotatable bonds is 7. The zero-order valence-electron chi connectivity index (χ0n) is 16.5. The zero-order chi connectivity index (χ0) is 21.7. The van der Waals surface area contributed by atoms with Crippen LogP contribution in [0.3, 0.4) is 0 Å². The summed E-state index contributed by atoms with van der Waals surface area (Å²) < 4.78 is 37.7. The first-order valence-corrected chi connectivity index (χ1v) is 10.7. The van der Waals surface area contributed by atoms with Crippen LogP contribution >= 0.6 is 0 Å². The molecule has 2 aromatic rings. The van der Waals surface area contributed by atoms with E-state index in [1.165, 1.54) is 28.6 Å². The summed E-state index contributed by atoms with van der Waals surface area (Å²) in [4.78, 5) is 23.9. The van der Waals surface area contributed by atoms with Crippen molar-refractivity contribution in [2.75, 3.05) is 38.2 Å². The Morgan fingerprint density at radius 1 is 1.17 bits per heavy atom. The number of para-hydroxylation sites is 1. The number of ether oxygens (including phenoxy) is 2. The number of nitrogens with two attached hydrogens (primary N) is 1. The molecule has 0 saturated carbocycles. The Balaban J connectivity index is 1.71. The van der Waals surface area contributed by atoms with Gasteiger partial charge in [0.2, 0.25) is 10.0 Å². The fraction of sp³-hybridized carbons (Fsp3) is 0.300. The number of amides is 2. The Bertz CT molecular complexity index is 1050. The maximum atomic E-state index is 12.8. The fourth-order valence-corrected chi connectivity index (χ4v) is 4.39. The van der Waals surface area contributed by atoms with Gasteiger partial charge in [0.15, 0.2) is 6.61 Å². The van der Waals surface area contributed by atoms with Gasteiger partial charge in [-0.1, -0.05) is 18.2 Å². The van der Waals surface area contributed by atoms with Crippen LogP contribution in [0.2, 0.25) is 0 Å².